The Morgan fingerprint density at radius 2 is 2.00 bits per heavy atom. The summed E-state index contributed by atoms with van der Waals surface area (Å²) in [4.78, 5) is 19.8. The molecule has 0 radical (unpaired) electrons. The molecule has 0 bridgehead atoms. The van der Waals surface area contributed by atoms with Crippen molar-refractivity contribution in [2.75, 3.05) is 13.2 Å². The number of amides is 1. The van der Waals surface area contributed by atoms with E-state index in [0.29, 0.717) is 13.0 Å². The van der Waals surface area contributed by atoms with Gasteiger partial charge in [0.2, 0.25) is 5.91 Å². The van der Waals surface area contributed by atoms with Gasteiger partial charge in [0, 0.05) is 13.0 Å². The number of hydrogen-bond acceptors (Lipinski definition) is 4. The Labute approximate surface area is 170 Å². The van der Waals surface area contributed by atoms with Crippen LogP contribution in [0.2, 0.25) is 0 Å². The summed E-state index contributed by atoms with van der Waals surface area (Å²) in [5.41, 5.74) is 2.16. The van der Waals surface area contributed by atoms with E-state index in [9.17, 15) is 4.79 Å². The largest absolute Gasteiger partial charge is 0.493 e. The predicted molar refractivity (Wildman–Crippen MR) is 114 cm³/mol. The van der Waals surface area contributed by atoms with E-state index >= 15 is 0 Å². The minimum Gasteiger partial charge on any atom is -0.493 e. The Morgan fingerprint density at radius 3 is 2.86 bits per heavy atom. The number of aryl methyl sites for hydroxylation is 1. The van der Waals surface area contributed by atoms with Crippen LogP contribution in [0.25, 0.3) is 10.2 Å². The average Bonchev–Trinajstić information content (AvgIpc) is 3.16. The Balaban J connectivity index is 1.37. The number of fused-ring (bicyclic) bond motifs is 1. The van der Waals surface area contributed by atoms with Crippen molar-refractivity contribution in [3.8, 4) is 5.75 Å². The SMILES string of the molecule is Cc1ccccc1OCCCC(=O)N1CCCCC1c1nc2ccccc2s1. The fraction of sp³-hybridized carbons (Fsp3) is 0.391. The van der Waals surface area contributed by atoms with Crippen LogP contribution in [0.15, 0.2) is 48.5 Å². The number of ether oxygens (including phenoxy) is 1. The molecule has 4 nitrogen and oxygen atoms in total. The zero-order chi connectivity index (χ0) is 19.3. The topological polar surface area (TPSA) is 42.4 Å². The van der Waals surface area contributed by atoms with E-state index in [0.717, 1.165) is 54.1 Å². The van der Waals surface area contributed by atoms with Crippen molar-refractivity contribution >= 4 is 27.5 Å². The third kappa shape index (κ3) is 4.20. The van der Waals surface area contributed by atoms with E-state index in [-0.39, 0.29) is 11.9 Å². The van der Waals surface area contributed by atoms with Crippen LogP contribution in [-0.2, 0) is 4.79 Å². The Kier molecular flexibility index (Phi) is 5.91. The zero-order valence-electron chi connectivity index (χ0n) is 16.3. The van der Waals surface area contributed by atoms with Gasteiger partial charge in [-0.1, -0.05) is 30.3 Å². The number of piperidine rings is 1. The molecule has 1 aromatic heterocycles. The van der Waals surface area contributed by atoms with Gasteiger partial charge in [-0.3, -0.25) is 4.79 Å². The van der Waals surface area contributed by atoms with Gasteiger partial charge in [-0.15, -0.1) is 11.3 Å². The second kappa shape index (κ2) is 8.74. The average molecular weight is 395 g/mol. The van der Waals surface area contributed by atoms with Gasteiger partial charge in [0.25, 0.3) is 0 Å². The molecular weight excluding hydrogens is 368 g/mol. The predicted octanol–water partition coefficient (Wildman–Crippen LogP) is 5.52. The summed E-state index contributed by atoms with van der Waals surface area (Å²) in [6.45, 7) is 3.44. The molecule has 2 aromatic carbocycles. The molecule has 28 heavy (non-hydrogen) atoms. The summed E-state index contributed by atoms with van der Waals surface area (Å²) >= 11 is 1.72. The highest BCUT2D eigenvalue weighted by atomic mass is 32.1. The highest BCUT2D eigenvalue weighted by molar-refractivity contribution is 7.18. The van der Waals surface area contributed by atoms with Crippen LogP contribution in [0, 0.1) is 6.92 Å². The molecule has 146 valence electrons. The van der Waals surface area contributed by atoms with E-state index in [1.165, 1.54) is 4.70 Å². The number of carbonyl (C=O) groups excluding carboxylic acids is 1. The molecule has 3 aromatic rings. The number of aromatic nitrogens is 1. The van der Waals surface area contributed by atoms with Crippen LogP contribution >= 0.6 is 11.3 Å². The Morgan fingerprint density at radius 1 is 1.18 bits per heavy atom. The summed E-state index contributed by atoms with van der Waals surface area (Å²) in [5, 5.41) is 1.07. The second-order valence-electron chi connectivity index (χ2n) is 7.34. The summed E-state index contributed by atoms with van der Waals surface area (Å²) < 4.78 is 7.04. The monoisotopic (exact) mass is 394 g/mol. The van der Waals surface area contributed by atoms with Crippen molar-refractivity contribution in [3.05, 3.63) is 59.1 Å². The summed E-state index contributed by atoms with van der Waals surface area (Å²) in [6, 6.07) is 16.3. The molecule has 1 saturated heterocycles. The summed E-state index contributed by atoms with van der Waals surface area (Å²) in [7, 11) is 0. The lowest BCUT2D eigenvalue weighted by molar-refractivity contribution is -0.135. The van der Waals surface area contributed by atoms with Crippen LogP contribution in [-0.4, -0.2) is 28.9 Å². The standard InChI is InChI=1S/C23H26N2O2S/c1-17-9-2-4-12-20(17)27-16-8-14-22(26)25-15-7-6-11-19(25)23-24-18-10-3-5-13-21(18)28-23/h2-5,9-10,12-13,19H,6-8,11,14-16H2,1H3. The first-order valence-electron chi connectivity index (χ1n) is 10.1. The quantitative estimate of drug-likeness (QED) is 0.517. The van der Waals surface area contributed by atoms with Crippen LogP contribution < -0.4 is 4.74 Å². The molecule has 0 spiro atoms. The number of para-hydroxylation sites is 2. The molecule has 1 unspecified atom stereocenters. The van der Waals surface area contributed by atoms with E-state index in [2.05, 4.69) is 11.0 Å². The van der Waals surface area contributed by atoms with E-state index in [1.807, 2.05) is 49.4 Å². The van der Waals surface area contributed by atoms with Crippen molar-refractivity contribution < 1.29 is 9.53 Å². The van der Waals surface area contributed by atoms with Crippen LogP contribution in [0.4, 0.5) is 0 Å². The maximum absolute atomic E-state index is 12.9. The third-order valence-corrected chi connectivity index (χ3v) is 6.44. The van der Waals surface area contributed by atoms with Gasteiger partial charge in [0.15, 0.2) is 0 Å². The van der Waals surface area contributed by atoms with Crippen LogP contribution in [0.1, 0.15) is 48.7 Å². The molecule has 1 aliphatic heterocycles. The number of likely N-dealkylation sites (tertiary alicyclic amines) is 1. The number of carbonyl (C=O) groups is 1. The molecular formula is C23H26N2O2S. The van der Waals surface area contributed by atoms with E-state index < -0.39 is 0 Å². The molecule has 2 heterocycles. The van der Waals surface area contributed by atoms with Gasteiger partial charge >= 0.3 is 0 Å². The smallest absolute Gasteiger partial charge is 0.223 e. The number of rotatable bonds is 6. The van der Waals surface area contributed by atoms with Gasteiger partial charge in [0.1, 0.15) is 10.8 Å². The second-order valence-corrected chi connectivity index (χ2v) is 8.40. The lowest BCUT2D eigenvalue weighted by atomic mass is 10.0. The van der Waals surface area contributed by atoms with Gasteiger partial charge in [-0.2, -0.15) is 0 Å². The normalized spacial score (nSPS) is 17.0. The highest BCUT2D eigenvalue weighted by Crippen LogP contribution is 2.36. The molecule has 1 atom stereocenters. The number of hydrogen-bond donors (Lipinski definition) is 0. The van der Waals surface area contributed by atoms with Crippen molar-refractivity contribution in [2.24, 2.45) is 0 Å². The minimum atomic E-state index is 0.121. The Hall–Kier alpha value is -2.40. The van der Waals surface area contributed by atoms with Crippen molar-refractivity contribution in [3.63, 3.8) is 0 Å². The summed E-state index contributed by atoms with van der Waals surface area (Å²) in [5.74, 6) is 1.12. The van der Waals surface area contributed by atoms with Gasteiger partial charge in [0.05, 0.1) is 22.9 Å². The van der Waals surface area contributed by atoms with Gasteiger partial charge < -0.3 is 9.64 Å². The fourth-order valence-electron chi connectivity index (χ4n) is 3.79. The first kappa shape index (κ1) is 18.9. The summed E-state index contributed by atoms with van der Waals surface area (Å²) in [6.07, 6.45) is 4.49. The number of thiazole rings is 1. The lowest BCUT2D eigenvalue weighted by Crippen LogP contribution is -2.38. The highest BCUT2D eigenvalue weighted by Gasteiger charge is 2.29. The Bertz CT molecular complexity index is 919. The lowest BCUT2D eigenvalue weighted by Gasteiger charge is -2.34. The first-order valence-corrected chi connectivity index (χ1v) is 10.9. The molecule has 0 saturated carbocycles. The molecule has 0 N–H and O–H groups in total. The first-order chi connectivity index (χ1) is 13.7. The maximum atomic E-state index is 12.9. The minimum absolute atomic E-state index is 0.121. The number of benzene rings is 2. The van der Waals surface area contributed by atoms with Crippen molar-refractivity contribution in [1.29, 1.82) is 0 Å². The van der Waals surface area contributed by atoms with Gasteiger partial charge in [-0.25, -0.2) is 4.98 Å². The molecule has 0 aliphatic carbocycles. The molecule has 4 rings (SSSR count). The molecule has 1 fully saturated rings. The van der Waals surface area contributed by atoms with E-state index in [4.69, 9.17) is 9.72 Å². The van der Waals surface area contributed by atoms with Crippen molar-refractivity contribution in [2.45, 2.75) is 45.1 Å². The van der Waals surface area contributed by atoms with E-state index in [1.54, 1.807) is 11.3 Å². The number of nitrogens with zero attached hydrogens (tertiary/aromatic N) is 2. The van der Waals surface area contributed by atoms with Crippen LogP contribution in [0.3, 0.4) is 0 Å². The third-order valence-electron chi connectivity index (χ3n) is 5.30. The van der Waals surface area contributed by atoms with Crippen LogP contribution in [0.5, 0.6) is 5.75 Å². The molecule has 1 amide bonds. The molecule has 5 heteroatoms. The molecule has 1 aliphatic rings. The zero-order valence-corrected chi connectivity index (χ0v) is 17.1. The fourth-order valence-corrected chi connectivity index (χ4v) is 4.90. The maximum Gasteiger partial charge on any atom is 0.223 e. The van der Waals surface area contributed by atoms with Gasteiger partial charge in [-0.05, 0) is 56.4 Å². The van der Waals surface area contributed by atoms with Crippen molar-refractivity contribution in [1.82, 2.24) is 9.88 Å².